The topological polar surface area (TPSA) is 70.6 Å². The molecule has 18 heavy (non-hydrogen) atoms. The predicted octanol–water partition coefficient (Wildman–Crippen LogP) is 1.26. The van der Waals surface area contributed by atoms with Gasteiger partial charge in [-0.25, -0.2) is 4.79 Å². The molecule has 0 bridgehead atoms. The molecule has 1 fully saturated rings. The van der Waals surface area contributed by atoms with E-state index in [9.17, 15) is 4.79 Å². The van der Waals surface area contributed by atoms with Gasteiger partial charge in [0.05, 0.1) is 0 Å². The van der Waals surface area contributed by atoms with Crippen molar-refractivity contribution >= 4 is 6.03 Å². The molecule has 2 amide bonds. The number of carbonyl (C=O) groups excluding carboxylic acids is 1. The van der Waals surface area contributed by atoms with Crippen LogP contribution >= 0.6 is 0 Å². The van der Waals surface area contributed by atoms with Gasteiger partial charge in [0, 0.05) is 32.9 Å². The average Bonchev–Trinajstić information content (AvgIpc) is 2.27. The minimum absolute atomic E-state index is 0.00585. The molecule has 0 aliphatic heterocycles. The van der Waals surface area contributed by atoms with Crippen LogP contribution in [0.15, 0.2) is 0 Å². The summed E-state index contributed by atoms with van der Waals surface area (Å²) >= 11 is 0. The lowest BCUT2D eigenvalue weighted by atomic mass is 9.67. The molecule has 0 saturated heterocycles. The number of urea groups is 1. The van der Waals surface area contributed by atoms with E-state index < -0.39 is 0 Å². The number of hydrogen-bond acceptors (Lipinski definition) is 3. The maximum absolute atomic E-state index is 11.7. The van der Waals surface area contributed by atoms with E-state index in [-0.39, 0.29) is 24.1 Å². The van der Waals surface area contributed by atoms with Crippen LogP contribution in [0.3, 0.4) is 0 Å². The van der Waals surface area contributed by atoms with Gasteiger partial charge in [-0.15, -0.1) is 0 Å². The molecule has 106 valence electrons. The van der Waals surface area contributed by atoms with Gasteiger partial charge in [-0.05, 0) is 38.0 Å². The van der Waals surface area contributed by atoms with Crippen LogP contribution in [0, 0.1) is 5.41 Å². The Kier molecular flexibility index (Phi) is 6.43. The molecule has 3 N–H and O–H groups in total. The molecule has 0 spiro atoms. The van der Waals surface area contributed by atoms with Crippen LogP contribution in [-0.4, -0.2) is 44.0 Å². The lowest BCUT2D eigenvalue weighted by Gasteiger charge is -2.42. The molecule has 1 aliphatic rings. The first kappa shape index (κ1) is 15.2. The Labute approximate surface area is 109 Å². The third-order valence-electron chi connectivity index (χ3n) is 3.81. The van der Waals surface area contributed by atoms with Crippen molar-refractivity contribution in [3.8, 4) is 0 Å². The summed E-state index contributed by atoms with van der Waals surface area (Å²) in [6.45, 7) is 3.46. The molecule has 5 heteroatoms. The van der Waals surface area contributed by atoms with Crippen molar-refractivity contribution in [3.63, 3.8) is 0 Å². The quantitative estimate of drug-likeness (QED) is 0.614. The summed E-state index contributed by atoms with van der Waals surface area (Å²) in [6, 6.07) is -0.133. The maximum Gasteiger partial charge on any atom is 0.315 e. The van der Waals surface area contributed by atoms with Gasteiger partial charge in [-0.1, -0.05) is 6.42 Å². The van der Waals surface area contributed by atoms with Crippen molar-refractivity contribution < 1.29 is 14.6 Å². The third-order valence-corrected chi connectivity index (χ3v) is 3.81. The van der Waals surface area contributed by atoms with E-state index in [1.165, 1.54) is 19.3 Å². The van der Waals surface area contributed by atoms with Gasteiger partial charge in [-0.2, -0.15) is 0 Å². The third kappa shape index (κ3) is 4.82. The maximum atomic E-state index is 11.7. The van der Waals surface area contributed by atoms with Crippen molar-refractivity contribution in [2.75, 3.05) is 26.9 Å². The monoisotopic (exact) mass is 258 g/mol. The lowest BCUT2D eigenvalue weighted by Crippen LogP contribution is -2.48. The van der Waals surface area contributed by atoms with Gasteiger partial charge < -0.3 is 20.5 Å². The second-order valence-electron chi connectivity index (χ2n) is 5.34. The minimum Gasteiger partial charge on any atom is -0.396 e. The molecular weight excluding hydrogens is 232 g/mol. The second-order valence-corrected chi connectivity index (χ2v) is 5.34. The first-order chi connectivity index (χ1) is 8.62. The minimum atomic E-state index is -0.139. The van der Waals surface area contributed by atoms with E-state index in [1.54, 1.807) is 7.11 Å². The summed E-state index contributed by atoms with van der Waals surface area (Å²) < 4.78 is 5.12. The van der Waals surface area contributed by atoms with Crippen LogP contribution in [-0.2, 0) is 4.74 Å². The fourth-order valence-corrected chi connectivity index (χ4v) is 2.32. The fraction of sp³-hybridized carbons (Fsp3) is 0.923. The van der Waals surface area contributed by atoms with Crippen LogP contribution in [0.5, 0.6) is 0 Å². The van der Waals surface area contributed by atoms with Gasteiger partial charge in [-0.3, -0.25) is 0 Å². The molecule has 1 rings (SSSR count). The smallest absolute Gasteiger partial charge is 0.315 e. The van der Waals surface area contributed by atoms with Gasteiger partial charge in [0.1, 0.15) is 0 Å². The zero-order chi connectivity index (χ0) is 13.4. The first-order valence-electron chi connectivity index (χ1n) is 6.76. The number of aliphatic hydroxyl groups is 1. The number of methoxy groups -OCH3 is 1. The standard InChI is InChI=1S/C13H26N2O3/c1-11(4-8-16)15-12(17)14-10-13(5-3-6-13)7-9-18-2/h11,16H,3-10H2,1-2H3,(H2,14,15,17)/t11-/m1/s1. The summed E-state index contributed by atoms with van der Waals surface area (Å²) in [5, 5.41) is 14.5. The highest BCUT2D eigenvalue weighted by atomic mass is 16.5. The average molecular weight is 258 g/mol. The second kappa shape index (κ2) is 7.59. The number of rotatable bonds is 8. The fourth-order valence-electron chi connectivity index (χ4n) is 2.32. The van der Waals surface area contributed by atoms with Crippen LogP contribution in [0.1, 0.15) is 39.0 Å². The molecule has 0 aromatic heterocycles. The van der Waals surface area contributed by atoms with Crippen molar-refractivity contribution in [2.24, 2.45) is 5.41 Å². The molecule has 1 aliphatic carbocycles. The molecule has 0 aromatic rings. The van der Waals surface area contributed by atoms with Gasteiger partial charge >= 0.3 is 6.03 Å². The van der Waals surface area contributed by atoms with Gasteiger partial charge in [0.2, 0.25) is 0 Å². The summed E-state index contributed by atoms with van der Waals surface area (Å²) in [5.41, 5.74) is 0.244. The SMILES string of the molecule is COCCC1(CNC(=O)N[C@H](C)CCO)CCC1. The van der Waals surface area contributed by atoms with Crippen molar-refractivity contribution in [1.29, 1.82) is 0 Å². The number of nitrogens with one attached hydrogen (secondary N) is 2. The Bertz CT molecular complexity index is 255. The zero-order valence-electron chi connectivity index (χ0n) is 11.5. The predicted molar refractivity (Wildman–Crippen MR) is 70.5 cm³/mol. The van der Waals surface area contributed by atoms with Crippen molar-refractivity contribution in [3.05, 3.63) is 0 Å². The highest BCUT2D eigenvalue weighted by Crippen LogP contribution is 2.43. The molecule has 0 unspecified atom stereocenters. The van der Waals surface area contributed by atoms with E-state index in [0.717, 1.165) is 13.0 Å². The van der Waals surface area contributed by atoms with E-state index in [2.05, 4.69) is 10.6 Å². The van der Waals surface area contributed by atoms with Crippen molar-refractivity contribution in [1.82, 2.24) is 10.6 Å². The van der Waals surface area contributed by atoms with Crippen LogP contribution in [0.4, 0.5) is 4.79 Å². The molecular formula is C13H26N2O3. The van der Waals surface area contributed by atoms with Crippen LogP contribution in [0.25, 0.3) is 0 Å². The number of amides is 2. The lowest BCUT2D eigenvalue weighted by molar-refractivity contribution is 0.0710. The van der Waals surface area contributed by atoms with E-state index in [1.807, 2.05) is 6.92 Å². The normalized spacial score (nSPS) is 18.8. The van der Waals surface area contributed by atoms with E-state index in [4.69, 9.17) is 9.84 Å². The summed E-state index contributed by atoms with van der Waals surface area (Å²) in [6.07, 6.45) is 5.18. The van der Waals surface area contributed by atoms with Crippen molar-refractivity contribution in [2.45, 2.75) is 45.1 Å². The first-order valence-corrected chi connectivity index (χ1v) is 6.76. The zero-order valence-corrected chi connectivity index (χ0v) is 11.5. The molecule has 1 saturated carbocycles. The molecule has 5 nitrogen and oxygen atoms in total. The highest BCUT2D eigenvalue weighted by Gasteiger charge is 2.36. The number of aliphatic hydroxyl groups excluding tert-OH is 1. The molecule has 0 heterocycles. The van der Waals surface area contributed by atoms with Gasteiger partial charge in [0.15, 0.2) is 0 Å². The van der Waals surface area contributed by atoms with E-state index in [0.29, 0.717) is 13.0 Å². The van der Waals surface area contributed by atoms with E-state index >= 15 is 0 Å². The molecule has 0 radical (unpaired) electrons. The Balaban J connectivity index is 2.23. The summed E-state index contributed by atoms with van der Waals surface area (Å²) in [7, 11) is 1.71. The molecule has 1 atom stereocenters. The Hall–Kier alpha value is -0.810. The Morgan fingerprint density at radius 1 is 1.50 bits per heavy atom. The number of ether oxygens (including phenoxy) is 1. The largest absolute Gasteiger partial charge is 0.396 e. The van der Waals surface area contributed by atoms with Crippen LogP contribution in [0.2, 0.25) is 0 Å². The van der Waals surface area contributed by atoms with Gasteiger partial charge in [0.25, 0.3) is 0 Å². The Morgan fingerprint density at radius 3 is 2.72 bits per heavy atom. The summed E-state index contributed by atoms with van der Waals surface area (Å²) in [4.78, 5) is 11.7. The number of carbonyl (C=O) groups is 1. The summed E-state index contributed by atoms with van der Waals surface area (Å²) in [5.74, 6) is 0. The van der Waals surface area contributed by atoms with Crippen LogP contribution < -0.4 is 10.6 Å². The highest BCUT2D eigenvalue weighted by molar-refractivity contribution is 5.74. The number of hydrogen-bond donors (Lipinski definition) is 3. The molecule has 0 aromatic carbocycles. The Morgan fingerprint density at radius 2 is 2.22 bits per heavy atom.